The Labute approximate surface area is 92.7 Å². The Balaban J connectivity index is 2.63. The number of hydrogen-bond donors (Lipinski definition) is 3. The van der Waals surface area contributed by atoms with E-state index in [0.29, 0.717) is 13.1 Å². The fourth-order valence-electron chi connectivity index (χ4n) is 1.26. The highest BCUT2D eigenvalue weighted by molar-refractivity contribution is 5.47. The van der Waals surface area contributed by atoms with Gasteiger partial charge in [-0.2, -0.15) is 0 Å². The highest BCUT2D eigenvalue weighted by atomic mass is 16.6. The van der Waals surface area contributed by atoms with Crippen LogP contribution in [-0.4, -0.2) is 27.8 Å². The average molecular weight is 226 g/mol. The molecule has 3 N–H and O–H groups in total. The van der Waals surface area contributed by atoms with E-state index >= 15 is 0 Å². The molecule has 0 spiro atoms. The van der Waals surface area contributed by atoms with Gasteiger partial charge < -0.3 is 15.5 Å². The number of aromatic hydroxyl groups is 1. The zero-order chi connectivity index (χ0) is 12.1. The summed E-state index contributed by atoms with van der Waals surface area (Å²) in [6.45, 7) is 2.52. The minimum atomic E-state index is -0.637. The van der Waals surface area contributed by atoms with E-state index in [1.54, 1.807) is 13.0 Å². The van der Waals surface area contributed by atoms with Crippen molar-refractivity contribution >= 4 is 5.69 Å². The van der Waals surface area contributed by atoms with Gasteiger partial charge in [-0.3, -0.25) is 10.1 Å². The second kappa shape index (κ2) is 5.43. The van der Waals surface area contributed by atoms with Gasteiger partial charge in [-0.1, -0.05) is 6.07 Å². The summed E-state index contributed by atoms with van der Waals surface area (Å²) in [5.41, 5.74) is 0.419. The Hall–Kier alpha value is -1.66. The second-order valence-corrected chi connectivity index (χ2v) is 3.56. The lowest BCUT2D eigenvalue weighted by Crippen LogP contribution is -2.23. The van der Waals surface area contributed by atoms with Crippen LogP contribution in [0, 0.1) is 10.1 Å². The van der Waals surface area contributed by atoms with Crippen LogP contribution in [0.2, 0.25) is 0 Å². The molecule has 0 aliphatic carbocycles. The van der Waals surface area contributed by atoms with Gasteiger partial charge in [0.25, 0.3) is 0 Å². The van der Waals surface area contributed by atoms with Crippen LogP contribution in [0.3, 0.4) is 0 Å². The first-order chi connectivity index (χ1) is 7.50. The number of nitro groups is 1. The lowest BCUT2D eigenvalue weighted by Gasteiger charge is -2.07. The molecule has 1 aromatic rings. The molecule has 0 amide bonds. The van der Waals surface area contributed by atoms with Crippen molar-refractivity contribution < 1.29 is 15.1 Å². The van der Waals surface area contributed by atoms with E-state index in [4.69, 9.17) is 5.11 Å². The standard InChI is InChI=1S/C10H14N2O4/c1-7(13)5-11-6-8-2-3-9(12(15)16)10(14)4-8/h2-4,7,11,13-14H,5-6H2,1H3. The summed E-state index contributed by atoms with van der Waals surface area (Å²) in [6, 6.07) is 4.16. The summed E-state index contributed by atoms with van der Waals surface area (Å²) >= 11 is 0. The fraction of sp³-hybridized carbons (Fsp3) is 0.400. The molecule has 1 aromatic carbocycles. The van der Waals surface area contributed by atoms with E-state index in [2.05, 4.69) is 5.32 Å². The fourth-order valence-corrected chi connectivity index (χ4v) is 1.26. The SMILES string of the molecule is CC(O)CNCc1ccc([N+](=O)[O-])c(O)c1. The smallest absolute Gasteiger partial charge is 0.310 e. The Morgan fingerprint density at radius 3 is 2.75 bits per heavy atom. The van der Waals surface area contributed by atoms with Gasteiger partial charge in [-0.25, -0.2) is 0 Å². The lowest BCUT2D eigenvalue weighted by atomic mass is 10.2. The van der Waals surface area contributed by atoms with E-state index in [9.17, 15) is 15.2 Å². The molecule has 1 rings (SSSR count). The summed E-state index contributed by atoms with van der Waals surface area (Å²) in [7, 11) is 0. The zero-order valence-electron chi connectivity index (χ0n) is 8.88. The van der Waals surface area contributed by atoms with E-state index in [-0.39, 0.29) is 11.4 Å². The molecule has 0 radical (unpaired) electrons. The first-order valence-electron chi connectivity index (χ1n) is 4.85. The zero-order valence-corrected chi connectivity index (χ0v) is 8.88. The van der Waals surface area contributed by atoms with Gasteiger partial charge in [0.05, 0.1) is 11.0 Å². The van der Waals surface area contributed by atoms with Crippen molar-refractivity contribution in [2.75, 3.05) is 6.54 Å². The summed E-state index contributed by atoms with van der Waals surface area (Å²) in [5.74, 6) is -0.346. The molecule has 0 aliphatic rings. The Morgan fingerprint density at radius 1 is 1.56 bits per heavy atom. The van der Waals surface area contributed by atoms with Crippen molar-refractivity contribution in [2.45, 2.75) is 19.6 Å². The number of nitrogens with one attached hydrogen (secondary N) is 1. The van der Waals surface area contributed by atoms with E-state index < -0.39 is 11.0 Å². The van der Waals surface area contributed by atoms with Crippen LogP contribution in [0.15, 0.2) is 18.2 Å². The molecule has 6 heteroatoms. The topological polar surface area (TPSA) is 95.6 Å². The Bertz CT molecular complexity index is 379. The van der Waals surface area contributed by atoms with E-state index in [0.717, 1.165) is 5.56 Å². The van der Waals surface area contributed by atoms with Crippen molar-refractivity contribution in [2.24, 2.45) is 0 Å². The maximum Gasteiger partial charge on any atom is 0.310 e. The molecule has 1 atom stereocenters. The van der Waals surface area contributed by atoms with Gasteiger partial charge in [0, 0.05) is 19.2 Å². The number of nitrogens with zero attached hydrogens (tertiary/aromatic N) is 1. The summed E-state index contributed by atoms with van der Waals surface area (Å²) < 4.78 is 0. The van der Waals surface area contributed by atoms with E-state index in [1.807, 2.05) is 0 Å². The van der Waals surface area contributed by atoms with Crippen LogP contribution in [-0.2, 0) is 6.54 Å². The van der Waals surface area contributed by atoms with Gasteiger partial charge in [-0.15, -0.1) is 0 Å². The van der Waals surface area contributed by atoms with Crippen molar-refractivity contribution in [1.82, 2.24) is 5.32 Å². The Morgan fingerprint density at radius 2 is 2.25 bits per heavy atom. The highest BCUT2D eigenvalue weighted by Gasteiger charge is 2.12. The average Bonchev–Trinajstić information content (AvgIpc) is 2.16. The molecule has 16 heavy (non-hydrogen) atoms. The lowest BCUT2D eigenvalue weighted by molar-refractivity contribution is -0.385. The quantitative estimate of drug-likeness (QED) is 0.509. The number of aliphatic hydroxyl groups is 1. The van der Waals surface area contributed by atoms with Crippen LogP contribution >= 0.6 is 0 Å². The maximum absolute atomic E-state index is 10.4. The summed E-state index contributed by atoms with van der Waals surface area (Å²) in [6.07, 6.45) is -0.452. The minimum absolute atomic E-state index is 0.306. The number of benzene rings is 1. The van der Waals surface area contributed by atoms with Crippen molar-refractivity contribution in [3.05, 3.63) is 33.9 Å². The minimum Gasteiger partial charge on any atom is -0.502 e. The predicted octanol–water partition coefficient (Wildman–Crippen LogP) is 0.771. The van der Waals surface area contributed by atoms with Crippen molar-refractivity contribution in [3.8, 4) is 5.75 Å². The number of rotatable bonds is 5. The third kappa shape index (κ3) is 3.48. The van der Waals surface area contributed by atoms with Crippen LogP contribution in [0.5, 0.6) is 5.75 Å². The molecular formula is C10H14N2O4. The van der Waals surface area contributed by atoms with Crippen molar-refractivity contribution in [1.29, 1.82) is 0 Å². The largest absolute Gasteiger partial charge is 0.502 e. The number of aliphatic hydroxyl groups excluding tert-OH is 1. The molecule has 0 heterocycles. The van der Waals surface area contributed by atoms with Crippen LogP contribution < -0.4 is 5.32 Å². The molecule has 0 fully saturated rings. The van der Waals surface area contributed by atoms with Gasteiger partial charge in [0.2, 0.25) is 0 Å². The second-order valence-electron chi connectivity index (χ2n) is 3.56. The third-order valence-electron chi connectivity index (χ3n) is 2.01. The van der Waals surface area contributed by atoms with Crippen LogP contribution in [0.1, 0.15) is 12.5 Å². The number of nitro benzene ring substituents is 1. The molecule has 0 aromatic heterocycles. The first kappa shape index (κ1) is 12.4. The third-order valence-corrected chi connectivity index (χ3v) is 2.01. The summed E-state index contributed by atoms with van der Waals surface area (Å²) in [5, 5.41) is 31.7. The molecule has 0 saturated carbocycles. The summed E-state index contributed by atoms with van der Waals surface area (Å²) in [4.78, 5) is 9.80. The highest BCUT2D eigenvalue weighted by Crippen LogP contribution is 2.25. The molecule has 0 aliphatic heterocycles. The van der Waals surface area contributed by atoms with Crippen LogP contribution in [0.4, 0.5) is 5.69 Å². The molecular weight excluding hydrogens is 212 g/mol. The molecule has 6 nitrogen and oxygen atoms in total. The molecule has 1 unspecified atom stereocenters. The Kier molecular flexibility index (Phi) is 4.21. The van der Waals surface area contributed by atoms with Gasteiger partial charge in [0.15, 0.2) is 5.75 Å². The number of phenols is 1. The molecule has 0 bridgehead atoms. The number of hydrogen-bond acceptors (Lipinski definition) is 5. The van der Waals surface area contributed by atoms with Crippen molar-refractivity contribution in [3.63, 3.8) is 0 Å². The molecule has 88 valence electrons. The number of phenolic OH excluding ortho intramolecular Hbond substituents is 1. The normalized spacial score (nSPS) is 12.4. The van der Waals surface area contributed by atoms with E-state index in [1.165, 1.54) is 12.1 Å². The van der Waals surface area contributed by atoms with Gasteiger partial charge >= 0.3 is 5.69 Å². The van der Waals surface area contributed by atoms with Gasteiger partial charge in [0.1, 0.15) is 0 Å². The van der Waals surface area contributed by atoms with Crippen LogP contribution in [0.25, 0.3) is 0 Å². The van der Waals surface area contributed by atoms with Gasteiger partial charge in [-0.05, 0) is 18.6 Å². The monoisotopic (exact) mass is 226 g/mol. The molecule has 0 saturated heterocycles. The predicted molar refractivity (Wildman–Crippen MR) is 58.1 cm³/mol. The maximum atomic E-state index is 10.4. The first-order valence-corrected chi connectivity index (χ1v) is 4.85.